The van der Waals surface area contributed by atoms with Gasteiger partial charge < -0.3 is 5.32 Å². The number of rotatable bonds is 7. The van der Waals surface area contributed by atoms with Crippen molar-refractivity contribution in [1.82, 2.24) is 4.98 Å². The van der Waals surface area contributed by atoms with Gasteiger partial charge in [0.1, 0.15) is 11.6 Å². The molecule has 0 amide bonds. The third-order valence-electron chi connectivity index (χ3n) is 2.00. The molecular formula is C11H12N4O2S. The van der Waals surface area contributed by atoms with E-state index in [4.69, 9.17) is 5.26 Å². The summed E-state index contributed by atoms with van der Waals surface area (Å²) >= 11 is 1.65. The molecule has 94 valence electrons. The third-order valence-corrected chi connectivity index (χ3v) is 2.97. The summed E-state index contributed by atoms with van der Waals surface area (Å²) in [6.07, 6.45) is 3.17. The van der Waals surface area contributed by atoms with Crippen molar-refractivity contribution >= 4 is 23.3 Å². The number of hydrogen-bond acceptors (Lipinski definition) is 6. The van der Waals surface area contributed by atoms with Crippen molar-refractivity contribution in [3.63, 3.8) is 0 Å². The summed E-state index contributed by atoms with van der Waals surface area (Å²) in [6, 6.07) is 3.12. The van der Waals surface area contributed by atoms with E-state index < -0.39 is 4.92 Å². The van der Waals surface area contributed by atoms with Crippen LogP contribution in [-0.4, -0.2) is 28.0 Å². The molecule has 0 saturated heterocycles. The van der Waals surface area contributed by atoms with Gasteiger partial charge >= 0.3 is 5.69 Å². The van der Waals surface area contributed by atoms with Gasteiger partial charge in [-0.2, -0.15) is 17.0 Å². The van der Waals surface area contributed by atoms with Crippen LogP contribution in [0.1, 0.15) is 5.56 Å². The normalized spacial score (nSPS) is 9.50. The largest absolute Gasteiger partial charge is 0.363 e. The molecule has 0 bridgehead atoms. The lowest BCUT2D eigenvalue weighted by Crippen LogP contribution is -2.09. The maximum absolute atomic E-state index is 10.9. The summed E-state index contributed by atoms with van der Waals surface area (Å²) in [7, 11) is 0. The molecule has 0 unspecified atom stereocenters. The first kappa shape index (κ1) is 14.0. The second-order valence-electron chi connectivity index (χ2n) is 3.22. The number of nitrogens with zero attached hydrogens (tertiary/aromatic N) is 3. The van der Waals surface area contributed by atoms with Crippen LogP contribution in [0.4, 0.5) is 11.5 Å². The second kappa shape index (κ2) is 7.29. The number of hydrogen-bond donors (Lipinski definition) is 1. The molecule has 0 spiro atoms. The number of nitriles is 1. The Hall–Kier alpha value is -2.07. The van der Waals surface area contributed by atoms with Crippen molar-refractivity contribution in [3.05, 3.63) is 40.6 Å². The predicted molar refractivity (Wildman–Crippen MR) is 71.6 cm³/mol. The van der Waals surface area contributed by atoms with Gasteiger partial charge in [-0.05, 0) is 6.07 Å². The highest BCUT2D eigenvalue weighted by Gasteiger charge is 2.20. The van der Waals surface area contributed by atoms with Crippen molar-refractivity contribution in [2.75, 3.05) is 23.4 Å². The van der Waals surface area contributed by atoms with Crippen LogP contribution in [-0.2, 0) is 0 Å². The van der Waals surface area contributed by atoms with Crippen molar-refractivity contribution in [2.45, 2.75) is 0 Å². The number of thioether (sulfide) groups is 1. The van der Waals surface area contributed by atoms with Crippen LogP contribution in [0.25, 0.3) is 0 Å². The average Bonchev–Trinajstić information content (AvgIpc) is 2.37. The molecule has 1 aromatic rings. The van der Waals surface area contributed by atoms with E-state index in [0.717, 1.165) is 11.5 Å². The van der Waals surface area contributed by atoms with E-state index in [2.05, 4.69) is 16.9 Å². The van der Waals surface area contributed by atoms with Gasteiger partial charge in [-0.1, -0.05) is 6.08 Å². The van der Waals surface area contributed by atoms with Gasteiger partial charge in [-0.15, -0.1) is 6.58 Å². The standard InChI is InChI=1S/C11H12N4O2S/c1-2-6-18-7-5-14-11-10(15(16)17)9(8-12)3-4-13-11/h2-4H,1,5-7H2,(H,13,14). The van der Waals surface area contributed by atoms with Crippen molar-refractivity contribution in [2.24, 2.45) is 0 Å². The molecule has 1 aromatic heterocycles. The lowest BCUT2D eigenvalue weighted by Gasteiger charge is -2.05. The molecule has 18 heavy (non-hydrogen) atoms. The van der Waals surface area contributed by atoms with E-state index in [9.17, 15) is 10.1 Å². The maximum atomic E-state index is 10.9. The lowest BCUT2D eigenvalue weighted by molar-refractivity contribution is -0.384. The summed E-state index contributed by atoms with van der Waals surface area (Å²) in [5.41, 5.74) is -0.259. The van der Waals surface area contributed by atoms with E-state index in [0.29, 0.717) is 6.54 Å². The Morgan fingerprint density at radius 3 is 3.11 bits per heavy atom. The van der Waals surface area contributed by atoms with E-state index in [1.807, 2.05) is 0 Å². The van der Waals surface area contributed by atoms with Gasteiger partial charge in [0.05, 0.1) is 4.92 Å². The smallest absolute Gasteiger partial charge is 0.328 e. The molecule has 0 aliphatic heterocycles. The summed E-state index contributed by atoms with van der Waals surface area (Å²) in [5, 5.41) is 22.6. The topological polar surface area (TPSA) is 91.8 Å². The van der Waals surface area contributed by atoms with Crippen LogP contribution < -0.4 is 5.32 Å². The molecule has 1 rings (SSSR count). The molecule has 0 aromatic carbocycles. The zero-order valence-electron chi connectivity index (χ0n) is 9.63. The minimum atomic E-state index is -0.592. The van der Waals surface area contributed by atoms with Gasteiger partial charge in [0.15, 0.2) is 0 Å². The highest BCUT2D eigenvalue weighted by molar-refractivity contribution is 7.99. The van der Waals surface area contributed by atoms with Crippen molar-refractivity contribution < 1.29 is 4.92 Å². The molecule has 1 N–H and O–H groups in total. The van der Waals surface area contributed by atoms with Crippen molar-refractivity contribution in [1.29, 1.82) is 5.26 Å². The molecule has 0 atom stereocenters. The first-order chi connectivity index (χ1) is 8.70. The average molecular weight is 264 g/mol. The molecule has 0 radical (unpaired) electrons. The van der Waals surface area contributed by atoms with Crippen LogP contribution in [0.3, 0.4) is 0 Å². The van der Waals surface area contributed by atoms with Gasteiger partial charge in [0, 0.05) is 24.2 Å². The molecule has 0 saturated carbocycles. The molecule has 7 heteroatoms. The fourth-order valence-electron chi connectivity index (χ4n) is 1.27. The Morgan fingerprint density at radius 1 is 1.72 bits per heavy atom. The second-order valence-corrected chi connectivity index (χ2v) is 4.36. The van der Waals surface area contributed by atoms with Crippen LogP contribution in [0.5, 0.6) is 0 Å². The van der Waals surface area contributed by atoms with E-state index in [-0.39, 0.29) is 17.1 Å². The molecule has 1 heterocycles. The Morgan fingerprint density at radius 2 is 2.50 bits per heavy atom. The Balaban J connectivity index is 2.73. The third kappa shape index (κ3) is 3.75. The van der Waals surface area contributed by atoms with Crippen LogP contribution in [0.2, 0.25) is 0 Å². The highest BCUT2D eigenvalue weighted by Crippen LogP contribution is 2.25. The highest BCUT2D eigenvalue weighted by atomic mass is 32.2. The Labute approximate surface area is 109 Å². The summed E-state index contributed by atoms with van der Waals surface area (Å²) in [6.45, 7) is 4.14. The van der Waals surface area contributed by atoms with E-state index >= 15 is 0 Å². The number of anilines is 1. The van der Waals surface area contributed by atoms with Gasteiger partial charge in [0.2, 0.25) is 5.82 Å². The monoisotopic (exact) mass is 264 g/mol. The number of aromatic nitrogens is 1. The minimum absolute atomic E-state index is 0.0104. The zero-order chi connectivity index (χ0) is 13.4. The van der Waals surface area contributed by atoms with Gasteiger partial charge in [-0.25, -0.2) is 4.98 Å². The molecule has 6 nitrogen and oxygen atoms in total. The Bertz CT molecular complexity index is 484. The van der Waals surface area contributed by atoms with Crippen LogP contribution >= 0.6 is 11.8 Å². The minimum Gasteiger partial charge on any atom is -0.363 e. The summed E-state index contributed by atoms with van der Waals surface area (Å²) in [5.74, 6) is 1.75. The number of nitro groups is 1. The van der Waals surface area contributed by atoms with E-state index in [1.54, 1.807) is 23.9 Å². The SMILES string of the molecule is C=CCSCCNc1nccc(C#N)c1[N+](=O)[O-]. The first-order valence-corrected chi connectivity index (χ1v) is 6.32. The summed E-state index contributed by atoms with van der Waals surface area (Å²) < 4.78 is 0. The van der Waals surface area contributed by atoms with Crippen LogP contribution in [0.15, 0.2) is 24.9 Å². The van der Waals surface area contributed by atoms with Crippen molar-refractivity contribution in [3.8, 4) is 6.07 Å². The fraction of sp³-hybridized carbons (Fsp3) is 0.273. The quantitative estimate of drug-likeness (QED) is 0.351. The molecule has 0 fully saturated rings. The van der Waals surface area contributed by atoms with Gasteiger partial charge in [-0.3, -0.25) is 10.1 Å². The predicted octanol–water partition coefficient (Wildman–Crippen LogP) is 2.19. The zero-order valence-corrected chi connectivity index (χ0v) is 10.4. The van der Waals surface area contributed by atoms with E-state index in [1.165, 1.54) is 12.3 Å². The fourth-order valence-corrected chi connectivity index (χ4v) is 1.85. The number of nitrogens with one attached hydrogen (secondary N) is 1. The Kier molecular flexibility index (Phi) is 5.67. The molecular weight excluding hydrogens is 252 g/mol. The number of pyridine rings is 1. The van der Waals surface area contributed by atoms with Crippen LogP contribution in [0, 0.1) is 21.4 Å². The molecule has 0 aliphatic rings. The lowest BCUT2D eigenvalue weighted by atomic mass is 10.2. The summed E-state index contributed by atoms with van der Waals surface area (Å²) in [4.78, 5) is 14.2. The van der Waals surface area contributed by atoms with Gasteiger partial charge in [0.25, 0.3) is 0 Å². The molecule has 0 aliphatic carbocycles. The maximum Gasteiger partial charge on any atom is 0.328 e. The first-order valence-electron chi connectivity index (χ1n) is 5.16.